The predicted molar refractivity (Wildman–Crippen MR) is 56.2 cm³/mol. The summed E-state index contributed by atoms with van der Waals surface area (Å²) in [6, 6.07) is 4.33. The van der Waals surface area contributed by atoms with E-state index in [1.165, 1.54) is 23.5 Å². The standard InChI is InChI=1S/C9H6ClFN2OS/c10-6-3-5(1-2-7(6)11)9-13-12-8(4-14)15-9/h1-3,14H,4H2. The van der Waals surface area contributed by atoms with E-state index in [0.29, 0.717) is 15.6 Å². The number of aliphatic hydroxyl groups is 1. The van der Waals surface area contributed by atoms with Gasteiger partial charge >= 0.3 is 0 Å². The normalized spacial score (nSPS) is 10.6. The highest BCUT2D eigenvalue weighted by atomic mass is 35.5. The van der Waals surface area contributed by atoms with Crippen LogP contribution < -0.4 is 0 Å². The van der Waals surface area contributed by atoms with Crippen LogP contribution in [0, 0.1) is 5.82 Å². The van der Waals surface area contributed by atoms with Crippen LogP contribution in [0.1, 0.15) is 5.01 Å². The van der Waals surface area contributed by atoms with E-state index in [1.54, 1.807) is 6.07 Å². The van der Waals surface area contributed by atoms with Crippen LogP contribution in [0.15, 0.2) is 18.2 Å². The highest BCUT2D eigenvalue weighted by Gasteiger charge is 2.08. The van der Waals surface area contributed by atoms with Crippen molar-refractivity contribution in [3.05, 3.63) is 34.0 Å². The number of halogens is 2. The summed E-state index contributed by atoms with van der Waals surface area (Å²) in [6.45, 7) is -0.146. The Bertz CT molecular complexity index is 489. The maximum absolute atomic E-state index is 12.9. The molecule has 0 fully saturated rings. The van der Waals surface area contributed by atoms with Gasteiger partial charge in [0.05, 0.1) is 11.6 Å². The van der Waals surface area contributed by atoms with E-state index in [1.807, 2.05) is 0 Å². The number of hydrogen-bond acceptors (Lipinski definition) is 4. The quantitative estimate of drug-likeness (QED) is 0.883. The molecule has 0 radical (unpaired) electrons. The summed E-state index contributed by atoms with van der Waals surface area (Å²) in [5.74, 6) is -0.465. The Morgan fingerprint density at radius 2 is 2.20 bits per heavy atom. The Labute approximate surface area is 94.2 Å². The van der Waals surface area contributed by atoms with Crippen molar-refractivity contribution < 1.29 is 9.50 Å². The largest absolute Gasteiger partial charge is 0.389 e. The molecule has 2 aromatic rings. The third-order valence-corrected chi connectivity index (χ3v) is 3.02. The molecule has 6 heteroatoms. The highest BCUT2D eigenvalue weighted by Crippen LogP contribution is 2.27. The second-order valence-corrected chi connectivity index (χ2v) is 4.26. The average Bonchev–Trinajstić information content (AvgIpc) is 2.70. The highest BCUT2D eigenvalue weighted by molar-refractivity contribution is 7.14. The molecule has 0 spiro atoms. The van der Waals surface area contributed by atoms with Crippen LogP contribution in [-0.4, -0.2) is 15.3 Å². The van der Waals surface area contributed by atoms with Gasteiger partial charge in [-0.1, -0.05) is 22.9 Å². The molecule has 0 bridgehead atoms. The van der Waals surface area contributed by atoms with E-state index in [-0.39, 0.29) is 11.6 Å². The van der Waals surface area contributed by atoms with Gasteiger partial charge in [0.1, 0.15) is 15.8 Å². The van der Waals surface area contributed by atoms with Gasteiger partial charge in [0.2, 0.25) is 0 Å². The molecular formula is C9H6ClFN2OS. The van der Waals surface area contributed by atoms with E-state index >= 15 is 0 Å². The Kier molecular flexibility index (Phi) is 2.95. The molecule has 78 valence electrons. The minimum Gasteiger partial charge on any atom is -0.389 e. The van der Waals surface area contributed by atoms with Crippen LogP contribution >= 0.6 is 22.9 Å². The lowest BCUT2D eigenvalue weighted by Gasteiger charge is -1.96. The van der Waals surface area contributed by atoms with Gasteiger partial charge in [0.15, 0.2) is 0 Å². The van der Waals surface area contributed by atoms with Gasteiger partial charge < -0.3 is 5.11 Å². The third kappa shape index (κ3) is 2.14. The molecule has 1 heterocycles. The number of benzene rings is 1. The van der Waals surface area contributed by atoms with Crippen molar-refractivity contribution in [2.24, 2.45) is 0 Å². The summed E-state index contributed by atoms with van der Waals surface area (Å²) >= 11 is 6.88. The fourth-order valence-electron chi connectivity index (χ4n) is 1.06. The zero-order chi connectivity index (χ0) is 10.8. The molecule has 0 saturated heterocycles. The Hall–Kier alpha value is -1.04. The lowest BCUT2D eigenvalue weighted by atomic mass is 10.2. The fourth-order valence-corrected chi connectivity index (χ4v) is 1.94. The topological polar surface area (TPSA) is 46.0 Å². The minimum absolute atomic E-state index is 0.0493. The Morgan fingerprint density at radius 3 is 2.80 bits per heavy atom. The van der Waals surface area contributed by atoms with Gasteiger partial charge in [-0.2, -0.15) is 0 Å². The van der Waals surface area contributed by atoms with E-state index in [2.05, 4.69) is 10.2 Å². The number of nitrogens with zero attached hydrogens (tertiary/aromatic N) is 2. The molecule has 0 aliphatic heterocycles. The molecule has 0 aliphatic carbocycles. The van der Waals surface area contributed by atoms with Crippen molar-refractivity contribution in [1.82, 2.24) is 10.2 Å². The molecule has 0 atom stereocenters. The minimum atomic E-state index is -0.465. The second kappa shape index (κ2) is 4.22. The number of rotatable bonds is 2. The van der Waals surface area contributed by atoms with Crippen LogP contribution in [0.5, 0.6) is 0 Å². The van der Waals surface area contributed by atoms with Gasteiger partial charge in [0.25, 0.3) is 0 Å². The van der Waals surface area contributed by atoms with E-state index in [4.69, 9.17) is 16.7 Å². The first-order valence-corrected chi connectivity index (χ1v) is 5.29. The lowest BCUT2D eigenvalue weighted by Crippen LogP contribution is -1.81. The average molecular weight is 245 g/mol. The molecule has 0 unspecified atom stereocenters. The molecule has 3 nitrogen and oxygen atoms in total. The zero-order valence-corrected chi connectivity index (χ0v) is 9.02. The first kappa shape index (κ1) is 10.5. The SMILES string of the molecule is OCc1nnc(-c2ccc(F)c(Cl)c2)s1. The van der Waals surface area contributed by atoms with Gasteiger partial charge in [-0.25, -0.2) is 4.39 Å². The van der Waals surface area contributed by atoms with E-state index < -0.39 is 5.82 Å². The van der Waals surface area contributed by atoms with Gasteiger partial charge in [-0.15, -0.1) is 10.2 Å². The number of aliphatic hydroxyl groups excluding tert-OH is 1. The first-order valence-electron chi connectivity index (χ1n) is 4.09. The van der Waals surface area contributed by atoms with E-state index in [9.17, 15) is 4.39 Å². The molecule has 0 saturated carbocycles. The number of aromatic nitrogens is 2. The monoisotopic (exact) mass is 244 g/mol. The first-order chi connectivity index (χ1) is 7.20. The van der Waals surface area contributed by atoms with Gasteiger partial charge in [-0.3, -0.25) is 0 Å². The van der Waals surface area contributed by atoms with Crippen LogP contribution in [0.3, 0.4) is 0 Å². The smallest absolute Gasteiger partial charge is 0.147 e. The van der Waals surface area contributed by atoms with Crippen molar-refractivity contribution in [2.75, 3.05) is 0 Å². The predicted octanol–water partition coefficient (Wildman–Crippen LogP) is 2.49. The molecule has 0 aliphatic rings. The van der Waals surface area contributed by atoms with Crippen LogP contribution in [0.2, 0.25) is 5.02 Å². The summed E-state index contributed by atoms with van der Waals surface area (Å²) in [6.07, 6.45) is 0. The third-order valence-electron chi connectivity index (χ3n) is 1.77. The molecule has 0 amide bonds. The zero-order valence-electron chi connectivity index (χ0n) is 7.44. The molecule has 15 heavy (non-hydrogen) atoms. The van der Waals surface area contributed by atoms with Crippen molar-refractivity contribution >= 4 is 22.9 Å². The second-order valence-electron chi connectivity index (χ2n) is 2.79. The maximum atomic E-state index is 12.9. The summed E-state index contributed by atoms with van der Waals surface area (Å²) in [4.78, 5) is 0. The summed E-state index contributed by atoms with van der Waals surface area (Å²) in [7, 11) is 0. The maximum Gasteiger partial charge on any atom is 0.147 e. The Balaban J connectivity index is 2.40. The van der Waals surface area contributed by atoms with Crippen LogP contribution in [0.25, 0.3) is 10.6 Å². The molecule has 1 aromatic carbocycles. The molecule has 1 N–H and O–H groups in total. The summed E-state index contributed by atoms with van der Waals surface area (Å²) in [5.41, 5.74) is 0.693. The van der Waals surface area contributed by atoms with Crippen LogP contribution in [0.4, 0.5) is 4.39 Å². The summed E-state index contributed by atoms with van der Waals surface area (Å²) in [5, 5.41) is 17.6. The molecule has 1 aromatic heterocycles. The summed E-state index contributed by atoms with van der Waals surface area (Å²) < 4.78 is 12.9. The Morgan fingerprint density at radius 1 is 1.40 bits per heavy atom. The van der Waals surface area contributed by atoms with Gasteiger partial charge in [0, 0.05) is 5.56 Å². The van der Waals surface area contributed by atoms with Crippen molar-refractivity contribution in [2.45, 2.75) is 6.61 Å². The van der Waals surface area contributed by atoms with Crippen molar-refractivity contribution in [1.29, 1.82) is 0 Å². The van der Waals surface area contributed by atoms with Gasteiger partial charge in [-0.05, 0) is 18.2 Å². The lowest BCUT2D eigenvalue weighted by molar-refractivity contribution is 0.280. The molecule has 2 rings (SSSR count). The van der Waals surface area contributed by atoms with E-state index in [0.717, 1.165) is 0 Å². The fraction of sp³-hybridized carbons (Fsp3) is 0.111. The number of hydrogen-bond donors (Lipinski definition) is 1. The van der Waals surface area contributed by atoms with Crippen molar-refractivity contribution in [3.8, 4) is 10.6 Å². The van der Waals surface area contributed by atoms with Crippen molar-refractivity contribution in [3.63, 3.8) is 0 Å². The molecular weight excluding hydrogens is 239 g/mol. The van der Waals surface area contributed by atoms with Crippen LogP contribution in [-0.2, 0) is 6.61 Å².